The largest absolute Gasteiger partial charge is 0.381 e. The predicted octanol–water partition coefficient (Wildman–Crippen LogP) is 3.72. The Bertz CT molecular complexity index is 1580. The minimum Gasteiger partial charge on any atom is -0.381 e. The number of ether oxygens (including phenoxy) is 1. The lowest BCUT2D eigenvalue weighted by atomic mass is 10.1. The lowest BCUT2D eigenvalue weighted by Gasteiger charge is -2.25. The normalized spacial score (nSPS) is 15.3. The van der Waals surface area contributed by atoms with Gasteiger partial charge >= 0.3 is 5.69 Å². The van der Waals surface area contributed by atoms with Crippen LogP contribution in [0.2, 0.25) is 10.0 Å². The summed E-state index contributed by atoms with van der Waals surface area (Å²) in [7, 11) is 0. The zero-order valence-electron chi connectivity index (χ0n) is 19.4. The molecule has 1 amide bonds. The van der Waals surface area contributed by atoms with E-state index in [9.17, 15) is 14.4 Å². The van der Waals surface area contributed by atoms with E-state index in [1.165, 1.54) is 11.5 Å². The maximum atomic E-state index is 13.9. The van der Waals surface area contributed by atoms with E-state index in [0.717, 1.165) is 4.57 Å². The van der Waals surface area contributed by atoms with E-state index in [0.29, 0.717) is 53.2 Å². The Kier molecular flexibility index (Phi) is 6.46. The summed E-state index contributed by atoms with van der Waals surface area (Å²) in [5, 5.41) is 0.940. The minimum atomic E-state index is -1.17. The zero-order chi connectivity index (χ0) is 25.6. The molecule has 1 saturated heterocycles. The molecule has 2 aromatic heterocycles. The molecule has 0 bridgehead atoms. The van der Waals surface area contributed by atoms with Crippen molar-refractivity contribution in [3.05, 3.63) is 79.4 Å². The lowest BCUT2D eigenvalue weighted by Crippen LogP contribution is -2.46. The highest BCUT2D eigenvalue weighted by Gasteiger charge is 2.30. The molecule has 9 nitrogen and oxygen atoms in total. The summed E-state index contributed by atoms with van der Waals surface area (Å²) in [6.07, 6.45) is 1.10. The van der Waals surface area contributed by atoms with Gasteiger partial charge in [-0.05, 0) is 56.2 Å². The molecule has 11 heteroatoms. The Morgan fingerprint density at radius 3 is 2.39 bits per heavy atom. The molecule has 1 aliphatic rings. The number of imidazole rings is 1. The number of benzene rings is 2. The van der Waals surface area contributed by atoms with E-state index in [4.69, 9.17) is 38.7 Å². The number of fused-ring (bicyclic) bond motifs is 1. The molecule has 1 aliphatic heterocycles. The van der Waals surface area contributed by atoms with E-state index < -0.39 is 23.2 Å². The number of amides is 1. The van der Waals surface area contributed by atoms with Crippen LogP contribution in [0.1, 0.15) is 31.8 Å². The SMILES string of the molecule is CC(C(N)=O)n1c(=O)c2c(nc(-c3ccccc3Cl)n2-c2ccc(Cl)cc2)n(C2CCOCC2)c1=O. The van der Waals surface area contributed by atoms with Crippen molar-refractivity contribution in [2.45, 2.75) is 31.8 Å². The van der Waals surface area contributed by atoms with Crippen LogP contribution in [0, 0.1) is 0 Å². The summed E-state index contributed by atoms with van der Waals surface area (Å²) in [4.78, 5) is 44.6. The fourth-order valence-electron chi connectivity index (χ4n) is 4.58. The van der Waals surface area contributed by atoms with E-state index in [1.807, 2.05) is 6.07 Å². The average Bonchev–Trinajstić information content (AvgIpc) is 3.25. The summed E-state index contributed by atoms with van der Waals surface area (Å²) in [5.41, 5.74) is 5.72. The molecule has 0 radical (unpaired) electrons. The van der Waals surface area contributed by atoms with Gasteiger partial charge in [0, 0.05) is 35.5 Å². The highest BCUT2D eigenvalue weighted by Crippen LogP contribution is 2.33. The molecule has 0 aliphatic carbocycles. The van der Waals surface area contributed by atoms with Crippen molar-refractivity contribution >= 4 is 40.3 Å². The highest BCUT2D eigenvalue weighted by molar-refractivity contribution is 6.33. The van der Waals surface area contributed by atoms with Gasteiger partial charge < -0.3 is 10.5 Å². The molecule has 36 heavy (non-hydrogen) atoms. The topological polar surface area (TPSA) is 114 Å². The molecule has 3 heterocycles. The second-order valence-corrected chi connectivity index (χ2v) is 9.49. The first-order valence-electron chi connectivity index (χ1n) is 11.5. The molecule has 2 aromatic carbocycles. The van der Waals surface area contributed by atoms with Crippen LogP contribution in [0.15, 0.2) is 58.1 Å². The lowest BCUT2D eigenvalue weighted by molar-refractivity contribution is -0.120. The molecule has 4 aromatic rings. The van der Waals surface area contributed by atoms with Crippen molar-refractivity contribution in [1.82, 2.24) is 18.7 Å². The van der Waals surface area contributed by atoms with E-state index in [1.54, 1.807) is 47.0 Å². The standard InChI is InChI=1S/C25H23Cl2N5O4/c1-14(21(28)33)30-24(34)20-23(32(25(30)35)17-10-12-36-13-11-17)29-22(18-4-2-3-5-19(18)27)31(20)16-8-6-15(26)7-9-16/h2-9,14,17H,10-13H2,1H3,(H2,28,33). The van der Waals surface area contributed by atoms with Crippen molar-refractivity contribution in [2.75, 3.05) is 13.2 Å². The first kappa shape index (κ1) is 24.3. The maximum absolute atomic E-state index is 13.9. The third-order valence-electron chi connectivity index (χ3n) is 6.48. The quantitative estimate of drug-likeness (QED) is 0.424. The van der Waals surface area contributed by atoms with Gasteiger partial charge in [0.05, 0.1) is 5.02 Å². The molecule has 1 atom stereocenters. The number of nitrogens with zero attached hydrogens (tertiary/aromatic N) is 4. The molecule has 0 saturated carbocycles. The van der Waals surface area contributed by atoms with Gasteiger partial charge in [-0.2, -0.15) is 0 Å². The fourth-order valence-corrected chi connectivity index (χ4v) is 4.93. The van der Waals surface area contributed by atoms with Crippen LogP contribution in [0.25, 0.3) is 28.2 Å². The highest BCUT2D eigenvalue weighted by atomic mass is 35.5. The molecule has 186 valence electrons. The van der Waals surface area contributed by atoms with Gasteiger partial charge in [-0.25, -0.2) is 14.3 Å². The number of hydrogen-bond donors (Lipinski definition) is 1. The first-order chi connectivity index (χ1) is 17.3. The number of carbonyl (C=O) groups is 1. The molecular formula is C25H23Cl2N5O4. The van der Waals surface area contributed by atoms with Gasteiger partial charge in [0.1, 0.15) is 11.9 Å². The summed E-state index contributed by atoms with van der Waals surface area (Å²) < 4.78 is 9.54. The van der Waals surface area contributed by atoms with Crippen molar-refractivity contribution in [1.29, 1.82) is 0 Å². The molecule has 1 fully saturated rings. The van der Waals surface area contributed by atoms with Crippen molar-refractivity contribution < 1.29 is 9.53 Å². The van der Waals surface area contributed by atoms with E-state index in [2.05, 4.69) is 0 Å². The van der Waals surface area contributed by atoms with Gasteiger partial charge in [-0.3, -0.25) is 18.7 Å². The minimum absolute atomic E-state index is 0.131. The van der Waals surface area contributed by atoms with E-state index >= 15 is 0 Å². The smallest absolute Gasteiger partial charge is 0.333 e. The van der Waals surface area contributed by atoms with Crippen molar-refractivity contribution in [2.24, 2.45) is 5.73 Å². The number of carbonyl (C=O) groups excluding carboxylic acids is 1. The number of nitrogens with two attached hydrogens (primary N) is 1. The molecular weight excluding hydrogens is 505 g/mol. The van der Waals surface area contributed by atoms with Gasteiger partial charge in [0.15, 0.2) is 11.2 Å². The second-order valence-electron chi connectivity index (χ2n) is 8.65. The van der Waals surface area contributed by atoms with Crippen LogP contribution >= 0.6 is 23.2 Å². The summed E-state index contributed by atoms with van der Waals surface area (Å²) in [5.74, 6) is -0.421. The predicted molar refractivity (Wildman–Crippen MR) is 138 cm³/mol. The fraction of sp³-hybridized carbons (Fsp3) is 0.280. The Labute approximate surface area is 215 Å². The van der Waals surface area contributed by atoms with E-state index in [-0.39, 0.29) is 17.2 Å². The molecule has 5 rings (SSSR count). The van der Waals surface area contributed by atoms with Crippen LogP contribution in [0.5, 0.6) is 0 Å². The summed E-state index contributed by atoms with van der Waals surface area (Å²) in [6, 6.07) is 12.5. The third-order valence-corrected chi connectivity index (χ3v) is 7.06. The second kappa shape index (κ2) is 9.57. The Balaban J connectivity index is 1.97. The zero-order valence-corrected chi connectivity index (χ0v) is 20.9. The van der Waals surface area contributed by atoms with Crippen LogP contribution < -0.4 is 17.0 Å². The Morgan fingerprint density at radius 2 is 1.75 bits per heavy atom. The van der Waals surface area contributed by atoms with Gasteiger partial charge in [0.2, 0.25) is 5.91 Å². The first-order valence-corrected chi connectivity index (χ1v) is 12.2. The number of primary amides is 1. The van der Waals surface area contributed by atoms with Crippen molar-refractivity contribution in [3.63, 3.8) is 0 Å². The Morgan fingerprint density at radius 1 is 1.08 bits per heavy atom. The average molecular weight is 528 g/mol. The van der Waals surface area contributed by atoms with Crippen LogP contribution in [0.3, 0.4) is 0 Å². The molecule has 1 unspecified atom stereocenters. The third kappa shape index (κ3) is 4.03. The van der Waals surface area contributed by atoms with Crippen LogP contribution in [-0.4, -0.2) is 37.8 Å². The Hall–Kier alpha value is -3.40. The van der Waals surface area contributed by atoms with Crippen molar-refractivity contribution in [3.8, 4) is 17.1 Å². The molecule has 0 spiro atoms. The summed E-state index contributed by atoms with van der Waals surface area (Å²) >= 11 is 12.7. The van der Waals surface area contributed by atoms with Crippen LogP contribution in [0.4, 0.5) is 0 Å². The van der Waals surface area contributed by atoms with Crippen LogP contribution in [-0.2, 0) is 9.53 Å². The van der Waals surface area contributed by atoms with Gasteiger partial charge in [-0.15, -0.1) is 0 Å². The van der Waals surface area contributed by atoms with Gasteiger partial charge in [-0.1, -0.05) is 35.3 Å². The number of rotatable bonds is 5. The number of hydrogen-bond acceptors (Lipinski definition) is 5. The molecule has 2 N–H and O–H groups in total. The monoisotopic (exact) mass is 527 g/mol. The number of halogens is 2. The summed E-state index contributed by atoms with van der Waals surface area (Å²) in [6.45, 7) is 2.35. The maximum Gasteiger partial charge on any atom is 0.333 e. The van der Waals surface area contributed by atoms with Gasteiger partial charge in [0.25, 0.3) is 5.56 Å². The number of aromatic nitrogens is 4.